The van der Waals surface area contributed by atoms with Crippen molar-refractivity contribution in [2.45, 2.75) is 6.92 Å². The molecule has 2 rings (SSSR count). The van der Waals surface area contributed by atoms with Crippen LogP contribution in [0.2, 0.25) is 10.0 Å². The maximum Gasteiger partial charge on any atom is 0.224 e. The van der Waals surface area contributed by atoms with E-state index in [0.29, 0.717) is 27.0 Å². The number of hydrogen-bond acceptors (Lipinski definition) is 3. The van der Waals surface area contributed by atoms with Gasteiger partial charge in [-0.15, -0.1) is 0 Å². The van der Waals surface area contributed by atoms with E-state index in [9.17, 15) is 9.59 Å². The highest BCUT2D eigenvalue weighted by Gasteiger charge is 2.19. The van der Waals surface area contributed by atoms with Gasteiger partial charge in [0.15, 0.2) is 5.78 Å². The fraction of sp³-hybridized carbons (Fsp3) is 0.133. The van der Waals surface area contributed by atoms with Crippen LogP contribution in [0.3, 0.4) is 0 Å². The smallest absolute Gasteiger partial charge is 0.224 e. The Bertz CT molecular complexity index is 696. The Morgan fingerprint density at radius 2 is 1.76 bits per heavy atom. The minimum atomic E-state index is -0.296. The summed E-state index contributed by atoms with van der Waals surface area (Å²) in [5, 5.41) is 0.743. The van der Waals surface area contributed by atoms with Gasteiger partial charge in [0.25, 0.3) is 0 Å². The topological polar surface area (TPSA) is 50.3 Å². The first-order valence-corrected chi connectivity index (χ1v) is 6.86. The van der Waals surface area contributed by atoms with Crippen molar-refractivity contribution < 1.29 is 9.59 Å². The van der Waals surface area contributed by atoms with E-state index in [1.807, 2.05) is 0 Å². The second-order valence-corrected chi connectivity index (χ2v) is 5.31. The number of hydrogen-bond donors (Lipinski definition) is 0. The summed E-state index contributed by atoms with van der Waals surface area (Å²) in [5.41, 5.74) is 0.659. The number of aromatic nitrogens is 1. The molecular weight excluding hydrogens is 311 g/mol. The number of anilines is 1. The largest absolute Gasteiger partial charge is 0.300 e. The molecule has 0 atom stereocenters. The first-order chi connectivity index (χ1) is 9.90. The fourth-order valence-corrected chi connectivity index (χ4v) is 2.36. The molecule has 6 heteroatoms. The molecular formula is C15H12Cl2N2O2. The number of carbonyl (C=O) groups is 2. The van der Waals surface area contributed by atoms with Crippen molar-refractivity contribution >= 4 is 40.7 Å². The first kappa shape index (κ1) is 15.5. The van der Waals surface area contributed by atoms with Crippen LogP contribution in [-0.4, -0.2) is 23.7 Å². The van der Waals surface area contributed by atoms with Gasteiger partial charge in [-0.3, -0.25) is 14.5 Å². The number of nitrogens with zero attached hydrogens (tertiary/aromatic N) is 2. The van der Waals surface area contributed by atoms with Crippen LogP contribution in [0.4, 0.5) is 5.82 Å². The molecule has 1 heterocycles. The van der Waals surface area contributed by atoms with Crippen molar-refractivity contribution in [2.75, 3.05) is 11.9 Å². The molecule has 0 unspecified atom stereocenters. The summed E-state index contributed by atoms with van der Waals surface area (Å²) in [5.74, 6) is -0.214. The molecule has 1 amide bonds. The Morgan fingerprint density at radius 3 is 2.33 bits per heavy atom. The summed E-state index contributed by atoms with van der Waals surface area (Å²) >= 11 is 11.8. The van der Waals surface area contributed by atoms with Gasteiger partial charge in [-0.1, -0.05) is 23.2 Å². The van der Waals surface area contributed by atoms with Gasteiger partial charge in [-0.05, 0) is 30.3 Å². The SMILES string of the molecule is CC(=O)N(C)c1ncccc1C(=O)c1cc(Cl)cc(Cl)c1. The van der Waals surface area contributed by atoms with Crippen LogP contribution in [0.1, 0.15) is 22.8 Å². The van der Waals surface area contributed by atoms with Crippen molar-refractivity contribution in [3.8, 4) is 0 Å². The van der Waals surface area contributed by atoms with Crippen molar-refractivity contribution in [1.29, 1.82) is 0 Å². The fourth-order valence-electron chi connectivity index (χ4n) is 1.83. The van der Waals surface area contributed by atoms with Gasteiger partial charge in [0, 0.05) is 35.8 Å². The Labute approximate surface area is 132 Å². The molecule has 0 aliphatic heterocycles. The van der Waals surface area contributed by atoms with Gasteiger partial charge >= 0.3 is 0 Å². The lowest BCUT2D eigenvalue weighted by Crippen LogP contribution is -2.26. The second kappa shape index (κ2) is 6.24. The zero-order valence-electron chi connectivity index (χ0n) is 11.4. The number of benzene rings is 1. The molecule has 0 N–H and O–H groups in total. The Hall–Kier alpha value is -1.91. The molecule has 0 aliphatic carbocycles. The maximum atomic E-state index is 12.6. The van der Waals surface area contributed by atoms with E-state index in [2.05, 4.69) is 4.98 Å². The Kier molecular flexibility index (Phi) is 4.60. The van der Waals surface area contributed by atoms with Crippen molar-refractivity contribution in [3.63, 3.8) is 0 Å². The van der Waals surface area contributed by atoms with E-state index in [0.717, 1.165) is 0 Å². The van der Waals surface area contributed by atoms with Gasteiger partial charge in [-0.2, -0.15) is 0 Å². The molecule has 4 nitrogen and oxygen atoms in total. The third kappa shape index (κ3) is 3.40. The molecule has 2 aromatic rings. The predicted octanol–water partition coefficient (Wildman–Crippen LogP) is 3.60. The van der Waals surface area contributed by atoms with Crippen LogP contribution in [-0.2, 0) is 4.79 Å². The summed E-state index contributed by atoms with van der Waals surface area (Å²) in [4.78, 5) is 29.5. The van der Waals surface area contributed by atoms with Crippen molar-refractivity contribution in [3.05, 3.63) is 57.7 Å². The van der Waals surface area contributed by atoms with Gasteiger partial charge in [0.1, 0.15) is 5.82 Å². The van der Waals surface area contributed by atoms with E-state index in [1.165, 1.54) is 30.2 Å². The van der Waals surface area contributed by atoms with Crippen molar-refractivity contribution in [2.24, 2.45) is 0 Å². The predicted molar refractivity (Wildman–Crippen MR) is 83.2 cm³/mol. The molecule has 0 aliphatic rings. The normalized spacial score (nSPS) is 10.3. The van der Waals surface area contributed by atoms with Crippen LogP contribution in [0.5, 0.6) is 0 Å². The number of amides is 1. The molecule has 0 bridgehead atoms. The average molecular weight is 323 g/mol. The standard InChI is InChI=1S/C15H12Cl2N2O2/c1-9(20)19(2)15-13(4-3-5-18-15)14(21)10-6-11(16)8-12(17)7-10/h3-8H,1-2H3. The van der Waals surface area contributed by atoms with Crippen LogP contribution in [0.25, 0.3) is 0 Å². The van der Waals surface area contributed by atoms with E-state index in [4.69, 9.17) is 23.2 Å². The van der Waals surface area contributed by atoms with Gasteiger partial charge < -0.3 is 0 Å². The Morgan fingerprint density at radius 1 is 1.14 bits per heavy atom. The highest BCUT2D eigenvalue weighted by atomic mass is 35.5. The molecule has 0 spiro atoms. The van der Waals surface area contributed by atoms with E-state index in [-0.39, 0.29) is 11.7 Å². The van der Waals surface area contributed by atoms with E-state index >= 15 is 0 Å². The molecule has 108 valence electrons. The van der Waals surface area contributed by atoms with Crippen LogP contribution < -0.4 is 4.90 Å². The highest BCUT2D eigenvalue weighted by molar-refractivity contribution is 6.35. The lowest BCUT2D eigenvalue weighted by atomic mass is 10.0. The van der Waals surface area contributed by atoms with Crippen LogP contribution in [0, 0.1) is 0 Å². The average Bonchev–Trinajstić information content (AvgIpc) is 2.44. The van der Waals surface area contributed by atoms with E-state index < -0.39 is 0 Å². The number of halogens is 2. The summed E-state index contributed by atoms with van der Waals surface area (Å²) in [6.07, 6.45) is 1.52. The number of rotatable bonds is 3. The summed E-state index contributed by atoms with van der Waals surface area (Å²) in [6, 6.07) is 7.85. The highest BCUT2D eigenvalue weighted by Crippen LogP contribution is 2.24. The monoisotopic (exact) mass is 322 g/mol. The zero-order valence-corrected chi connectivity index (χ0v) is 12.9. The molecule has 1 aromatic heterocycles. The molecule has 1 aromatic carbocycles. The molecule has 0 saturated heterocycles. The third-order valence-electron chi connectivity index (χ3n) is 2.95. The van der Waals surface area contributed by atoms with Crippen LogP contribution >= 0.6 is 23.2 Å². The van der Waals surface area contributed by atoms with E-state index in [1.54, 1.807) is 25.2 Å². The quantitative estimate of drug-likeness (QED) is 0.811. The second-order valence-electron chi connectivity index (χ2n) is 4.44. The number of pyridine rings is 1. The van der Waals surface area contributed by atoms with Gasteiger partial charge in [-0.25, -0.2) is 4.98 Å². The lowest BCUT2D eigenvalue weighted by Gasteiger charge is -2.17. The first-order valence-electron chi connectivity index (χ1n) is 6.10. The third-order valence-corrected chi connectivity index (χ3v) is 3.38. The number of ketones is 1. The lowest BCUT2D eigenvalue weighted by molar-refractivity contribution is -0.116. The van der Waals surface area contributed by atoms with Crippen molar-refractivity contribution in [1.82, 2.24) is 4.98 Å². The summed E-state index contributed by atoms with van der Waals surface area (Å²) in [6.45, 7) is 1.40. The maximum absolute atomic E-state index is 12.6. The minimum Gasteiger partial charge on any atom is -0.300 e. The summed E-state index contributed by atoms with van der Waals surface area (Å²) < 4.78 is 0. The molecule has 0 radical (unpaired) electrons. The number of carbonyl (C=O) groups excluding carboxylic acids is 2. The summed E-state index contributed by atoms with van der Waals surface area (Å²) in [7, 11) is 1.56. The minimum absolute atomic E-state index is 0.216. The molecule has 21 heavy (non-hydrogen) atoms. The molecule has 0 saturated carbocycles. The Balaban J connectivity index is 2.51. The van der Waals surface area contributed by atoms with Gasteiger partial charge in [0.05, 0.1) is 5.56 Å². The van der Waals surface area contributed by atoms with Crippen LogP contribution in [0.15, 0.2) is 36.5 Å². The zero-order chi connectivity index (χ0) is 15.6. The van der Waals surface area contributed by atoms with Gasteiger partial charge in [0.2, 0.25) is 5.91 Å². The molecule has 0 fully saturated rings.